The van der Waals surface area contributed by atoms with E-state index in [0.29, 0.717) is 24.4 Å². The van der Waals surface area contributed by atoms with Gasteiger partial charge >= 0.3 is 0 Å². The number of rotatable bonds is 5. The van der Waals surface area contributed by atoms with Gasteiger partial charge in [0.05, 0.1) is 4.90 Å². The SMILES string of the molecule is CN=[S@](=O)(c1ccc(C)cc1)N1CCCC1C(=O)NCc1ccc(C)cc1. The third kappa shape index (κ3) is 4.22. The largest absolute Gasteiger partial charge is 0.351 e. The van der Waals surface area contributed by atoms with Gasteiger partial charge in [0, 0.05) is 20.1 Å². The van der Waals surface area contributed by atoms with Crippen molar-refractivity contribution in [3.63, 3.8) is 0 Å². The molecule has 1 amide bonds. The van der Waals surface area contributed by atoms with Crippen molar-refractivity contribution >= 4 is 15.8 Å². The lowest BCUT2D eigenvalue weighted by Gasteiger charge is -2.27. The minimum atomic E-state index is -2.79. The summed E-state index contributed by atoms with van der Waals surface area (Å²) >= 11 is 0. The van der Waals surface area contributed by atoms with E-state index in [1.807, 2.05) is 62.4 Å². The third-order valence-corrected chi connectivity index (χ3v) is 7.44. The summed E-state index contributed by atoms with van der Waals surface area (Å²) in [4.78, 5) is 13.5. The summed E-state index contributed by atoms with van der Waals surface area (Å²) in [5.74, 6) is -0.0865. The number of amides is 1. The van der Waals surface area contributed by atoms with Crippen LogP contribution >= 0.6 is 0 Å². The summed E-state index contributed by atoms with van der Waals surface area (Å²) in [6.45, 7) is 5.10. The van der Waals surface area contributed by atoms with Crippen LogP contribution in [0, 0.1) is 13.8 Å². The second kappa shape index (κ2) is 8.23. The molecule has 1 fully saturated rings. The molecule has 144 valence electrons. The van der Waals surface area contributed by atoms with Crippen molar-refractivity contribution in [2.24, 2.45) is 4.36 Å². The summed E-state index contributed by atoms with van der Waals surface area (Å²) in [5.41, 5.74) is 3.35. The highest BCUT2D eigenvalue weighted by Gasteiger charge is 2.37. The van der Waals surface area contributed by atoms with Gasteiger partial charge in [0.2, 0.25) is 5.91 Å². The fourth-order valence-electron chi connectivity index (χ4n) is 3.37. The highest BCUT2D eigenvalue weighted by Crippen LogP contribution is 2.28. The van der Waals surface area contributed by atoms with Gasteiger partial charge in [-0.25, -0.2) is 12.9 Å². The van der Waals surface area contributed by atoms with Crippen molar-refractivity contribution in [1.29, 1.82) is 0 Å². The van der Waals surface area contributed by atoms with Crippen molar-refractivity contribution in [3.05, 3.63) is 65.2 Å². The Balaban J connectivity index is 1.77. The molecule has 6 heteroatoms. The molecule has 1 aliphatic rings. The number of hydrogen-bond donors (Lipinski definition) is 1. The molecule has 0 aromatic heterocycles. The fraction of sp³-hybridized carbons (Fsp3) is 0.381. The van der Waals surface area contributed by atoms with Crippen molar-refractivity contribution in [3.8, 4) is 0 Å². The molecule has 2 aromatic rings. The Morgan fingerprint density at radius 3 is 2.30 bits per heavy atom. The first-order valence-corrected chi connectivity index (χ1v) is 10.7. The van der Waals surface area contributed by atoms with Gasteiger partial charge in [-0.05, 0) is 44.4 Å². The minimum Gasteiger partial charge on any atom is -0.351 e. The summed E-state index contributed by atoms with van der Waals surface area (Å²) in [7, 11) is -1.21. The monoisotopic (exact) mass is 385 g/mol. The zero-order valence-corrected chi connectivity index (χ0v) is 17.0. The van der Waals surface area contributed by atoms with Crippen LogP contribution in [0.2, 0.25) is 0 Å². The van der Waals surface area contributed by atoms with Gasteiger partial charge in [-0.3, -0.25) is 4.79 Å². The third-order valence-electron chi connectivity index (χ3n) is 4.99. The standard InChI is InChI=1S/C21H27N3O2S/c1-16-6-10-18(11-7-16)15-23-21(25)20-5-4-14-24(20)27(26,22-3)19-12-8-17(2)9-13-19/h6-13,20H,4-5,14-15H2,1-3H3,(H,23,25)/t20?,27-/m1/s1. The maximum absolute atomic E-state index is 13.7. The normalized spacial score (nSPS) is 19.4. The predicted molar refractivity (Wildman–Crippen MR) is 109 cm³/mol. The first kappa shape index (κ1) is 19.6. The van der Waals surface area contributed by atoms with Crippen LogP contribution in [0.1, 0.15) is 29.5 Å². The lowest BCUT2D eigenvalue weighted by Crippen LogP contribution is -2.45. The second-order valence-electron chi connectivity index (χ2n) is 6.99. The van der Waals surface area contributed by atoms with Gasteiger partial charge in [-0.15, -0.1) is 0 Å². The van der Waals surface area contributed by atoms with Crippen molar-refractivity contribution in [2.45, 2.75) is 44.2 Å². The lowest BCUT2D eigenvalue weighted by molar-refractivity contribution is -0.124. The van der Waals surface area contributed by atoms with Crippen molar-refractivity contribution in [1.82, 2.24) is 9.62 Å². The quantitative estimate of drug-likeness (QED) is 0.857. The predicted octanol–water partition coefficient (Wildman–Crippen LogP) is 3.46. The van der Waals surface area contributed by atoms with E-state index in [9.17, 15) is 9.00 Å². The summed E-state index contributed by atoms with van der Waals surface area (Å²) in [5, 5.41) is 3.00. The lowest BCUT2D eigenvalue weighted by atomic mass is 10.1. The maximum atomic E-state index is 13.7. The van der Waals surface area contributed by atoms with Crippen molar-refractivity contribution in [2.75, 3.05) is 13.6 Å². The molecule has 0 spiro atoms. The molecule has 1 aliphatic heterocycles. The molecule has 2 aromatic carbocycles. The molecular weight excluding hydrogens is 358 g/mol. The van der Waals surface area contributed by atoms with E-state index in [-0.39, 0.29) is 5.91 Å². The molecule has 1 saturated heterocycles. The van der Waals surface area contributed by atoms with Crippen LogP contribution in [0.4, 0.5) is 0 Å². The van der Waals surface area contributed by atoms with Crippen LogP contribution in [-0.2, 0) is 21.3 Å². The number of hydrogen-bond acceptors (Lipinski definition) is 3. The van der Waals surface area contributed by atoms with E-state index >= 15 is 0 Å². The number of aryl methyl sites for hydroxylation is 2. The molecule has 3 rings (SSSR count). The van der Waals surface area contributed by atoms with E-state index in [4.69, 9.17) is 0 Å². The summed E-state index contributed by atoms with van der Waals surface area (Å²) in [6.07, 6.45) is 1.53. The van der Waals surface area contributed by atoms with Gasteiger partial charge in [0.25, 0.3) is 0 Å². The Bertz CT molecular complexity index is 913. The fourth-order valence-corrected chi connectivity index (χ4v) is 5.48. The maximum Gasteiger partial charge on any atom is 0.238 e. The van der Waals surface area contributed by atoms with Crippen LogP contribution in [-0.4, -0.2) is 34.1 Å². The van der Waals surface area contributed by atoms with Crippen molar-refractivity contribution < 1.29 is 9.00 Å². The molecule has 5 nitrogen and oxygen atoms in total. The summed E-state index contributed by atoms with van der Waals surface area (Å²) < 4.78 is 19.7. The topological polar surface area (TPSA) is 61.8 Å². The molecule has 1 N–H and O–H groups in total. The molecule has 27 heavy (non-hydrogen) atoms. The Hall–Kier alpha value is -2.18. The molecule has 0 radical (unpaired) electrons. The zero-order chi connectivity index (χ0) is 19.4. The van der Waals surface area contributed by atoms with E-state index in [1.165, 1.54) is 5.56 Å². The number of nitrogens with one attached hydrogen (secondary N) is 1. The Kier molecular flexibility index (Phi) is 5.97. The van der Waals surface area contributed by atoms with E-state index in [2.05, 4.69) is 9.68 Å². The molecule has 0 bridgehead atoms. The zero-order valence-electron chi connectivity index (χ0n) is 16.1. The van der Waals surface area contributed by atoms with Crippen LogP contribution in [0.25, 0.3) is 0 Å². The van der Waals surface area contributed by atoms with Gasteiger partial charge in [0.15, 0.2) is 0 Å². The van der Waals surface area contributed by atoms with Crippen LogP contribution in [0.15, 0.2) is 57.8 Å². The van der Waals surface area contributed by atoms with Gasteiger partial charge < -0.3 is 5.32 Å². The van der Waals surface area contributed by atoms with Gasteiger partial charge in [0.1, 0.15) is 16.0 Å². The molecule has 1 unspecified atom stereocenters. The van der Waals surface area contributed by atoms with Crippen LogP contribution in [0.5, 0.6) is 0 Å². The molecule has 2 atom stereocenters. The summed E-state index contributed by atoms with van der Waals surface area (Å²) in [6, 6.07) is 15.2. The Morgan fingerprint density at radius 2 is 1.70 bits per heavy atom. The average molecular weight is 386 g/mol. The molecule has 0 aliphatic carbocycles. The Morgan fingerprint density at radius 1 is 1.11 bits per heavy atom. The van der Waals surface area contributed by atoms with E-state index in [1.54, 1.807) is 11.4 Å². The number of benzene rings is 2. The smallest absolute Gasteiger partial charge is 0.238 e. The van der Waals surface area contributed by atoms with E-state index < -0.39 is 16.0 Å². The first-order valence-electron chi connectivity index (χ1n) is 9.26. The highest BCUT2D eigenvalue weighted by atomic mass is 32.2. The van der Waals surface area contributed by atoms with Crippen LogP contribution in [0.3, 0.4) is 0 Å². The molecule has 1 heterocycles. The minimum absolute atomic E-state index is 0.0865. The van der Waals surface area contributed by atoms with Gasteiger partial charge in [-0.2, -0.15) is 0 Å². The average Bonchev–Trinajstić information content (AvgIpc) is 3.18. The first-order chi connectivity index (χ1) is 12.9. The molecule has 0 saturated carbocycles. The van der Waals surface area contributed by atoms with E-state index in [0.717, 1.165) is 17.5 Å². The second-order valence-corrected chi connectivity index (χ2v) is 9.29. The van der Waals surface area contributed by atoms with Crippen LogP contribution < -0.4 is 5.32 Å². The molecular formula is C21H27N3O2S. The number of carbonyl (C=O) groups is 1. The number of carbonyl (C=O) groups excluding carboxylic acids is 1. The number of nitrogens with zero attached hydrogens (tertiary/aromatic N) is 2. The Labute approximate surface area is 162 Å². The van der Waals surface area contributed by atoms with Gasteiger partial charge in [-0.1, -0.05) is 47.5 Å². The highest BCUT2D eigenvalue weighted by molar-refractivity contribution is 7.91.